The van der Waals surface area contributed by atoms with Crippen LogP contribution < -0.4 is 20.3 Å². The predicted molar refractivity (Wildman–Crippen MR) is 106 cm³/mol. The Bertz CT molecular complexity index is 707. The van der Waals surface area contributed by atoms with E-state index in [9.17, 15) is 9.59 Å². The van der Waals surface area contributed by atoms with Crippen LogP contribution in [0.1, 0.15) is 51.4 Å². The van der Waals surface area contributed by atoms with Crippen LogP contribution >= 0.6 is 0 Å². The monoisotopic (exact) mass is 386 g/mol. The second kappa shape index (κ2) is 8.47. The SMILES string of the molecule is O=C1CCN(c2ccnc(OCCC3CCC4(CCNCC4)CC3)c2)C(=O)N1. The zero-order valence-electron chi connectivity index (χ0n) is 16.4. The van der Waals surface area contributed by atoms with E-state index < -0.39 is 0 Å². The maximum absolute atomic E-state index is 12.0. The lowest BCUT2D eigenvalue weighted by Gasteiger charge is -2.43. The smallest absolute Gasteiger partial charge is 0.328 e. The quantitative estimate of drug-likeness (QED) is 0.813. The molecule has 1 aromatic heterocycles. The van der Waals surface area contributed by atoms with Gasteiger partial charge in [0, 0.05) is 25.2 Å². The van der Waals surface area contributed by atoms with Crippen LogP contribution in [0.4, 0.5) is 10.5 Å². The van der Waals surface area contributed by atoms with E-state index in [0.717, 1.165) is 12.3 Å². The molecule has 1 aliphatic carbocycles. The van der Waals surface area contributed by atoms with Crippen molar-refractivity contribution in [3.05, 3.63) is 18.3 Å². The Morgan fingerprint density at radius 3 is 2.71 bits per heavy atom. The largest absolute Gasteiger partial charge is 0.478 e. The average Bonchev–Trinajstić information content (AvgIpc) is 2.71. The number of nitrogens with one attached hydrogen (secondary N) is 2. The standard InChI is InChI=1S/C21H30N4O3/c26-18-4-13-25(20(27)24-18)17-3-10-23-19(15-17)28-14-5-16-1-6-21(7-2-16)8-11-22-12-9-21/h3,10,15-16,22H,1-2,4-9,11-14H2,(H,24,26,27). The zero-order valence-corrected chi connectivity index (χ0v) is 16.4. The second-order valence-electron chi connectivity index (χ2n) is 8.44. The van der Waals surface area contributed by atoms with Gasteiger partial charge in [0.25, 0.3) is 0 Å². The van der Waals surface area contributed by atoms with Crippen molar-refractivity contribution in [1.29, 1.82) is 0 Å². The number of amides is 3. The number of aromatic nitrogens is 1. The van der Waals surface area contributed by atoms with Gasteiger partial charge in [-0.1, -0.05) is 0 Å². The molecule has 1 aromatic rings. The number of anilines is 1. The third-order valence-electron chi connectivity index (χ3n) is 6.69. The Morgan fingerprint density at radius 1 is 1.18 bits per heavy atom. The number of carbonyl (C=O) groups is 2. The maximum atomic E-state index is 12.0. The number of ether oxygens (including phenoxy) is 1. The minimum Gasteiger partial charge on any atom is -0.478 e. The summed E-state index contributed by atoms with van der Waals surface area (Å²) in [6.45, 7) is 3.39. The Hall–Kier alpha value is -2.15. The molecule has 1 saturated carbocycles. The summed E-state index contributed by atoms with van der Waals surface area (Å²) >= 11 is 0. The fraction of sp³-hybridized carbons (Fsp3) is 0.667. The van der Waals surface area contributed by atoms with Crippen molar-refractivity contribution in [3.8, 4) is 5.88 Å². The summed E-state index contributed by atoms with van der Waals surface area (Å²) < 4.78 is 5.89. The molecular weight excluding hydrogens is 356 g/mol. The van der Waals surface area contributed by atoms with Crippen molar-refractivity contribution in [1.82, 2.24) is 15.6 Å². The molecule has 3 heterocycles. The normalized spacial score (nSPS) is 22.9. The van der Waals surface area contributed by atoms with Crippen LogP contribution in [-0.2, 0) is 4.79 Å². The molecule has 0 atom stereocenters. The lowest BCUT2D eigenvalue weighted by molar-refractivity contribution is -0.120. The van der Waals surface area contributed by atoms with Crippen LogP contribution in [0, 0.1) is 11.3 Å². The minimum absolute atomic E-state index is 0.231. The summed E-state index contributed by atoms with van der Waals surface area (Å²) in [7, 11) is 0. The van der Waals surface area contributed by atoms with Gasteiger partial charge in [0.05, 0.1) is 12.3 Å². The van der Waals surface area contributed by atoms with Crippen molar-refractivity contribution in [2.24, 2.45) is 11.3 Å². The minimum atomic E-state index is -0.387. The Morgan fingerprint density at radius 2 is 1.96 bits per heavy atom. The van der Waals surface area contributed by atoms with Crippen LogP contribution in [0.25, 0.3) is 0 Å². The fourth-order valence-corrected chi connectivity index (χ4v) is 4.82. The molecule has 3 amide bonds. The highest BCUT2D eigenvalue weighted by Gasteiger charge is 2.35. The zero-order chi connectivity index (χ0) is 19.4. The van der Waals surface area contributed by atoms with Gasteiger partial charge in [-0.15, -0.1) is 0 Å². The van der Waals surface area contributed by atoms with Crippen LogP contribution in [0.3, 0.4) is 0 Å². The molecule has 0 bridgehead atoms. The molecule has 4 rings (SSSR count). The van der Waals surface area contributed by atoms with E-state index in [1.165, 1.54) is 51.6 Å². The van der Waals surface area contributed by atoms with Crippen molar-refractivity contribution in [2.45, 2.75) is 51.4 Å². The van der Waals surface area contributed by atoms with E-state index in [0.29, 0.717) is 36.6 Å². The van der Waals surface area contributed by atoms with Gasteiger partial charge in [-0.25, -0.2) is 9.78 Å². The average molecular weight is 386 g/mol. The maximum Gasteiger partial charge on any atom is 0.328 e. The summed E-state index contributed by atoms with van der Waals surface area (Å²) in [5.41, 5.74) is 1.31. The molecule has 7 heteroatoms. The Kier molecular flexibility index (Phi) is 5.80. The van der Waals surface area contributed by atoms with Crippen molar-refractivity contribution >= 4 is 17.6 Å². The van der Waals surface area contributed by atoms with E-state index >= 15 is 0 Å². The van der Waals surface area contributed by atoms with Crippen LogP contribution in [0.15, 0.2) is 18.3 Å². The van der Waals surface area contributed by atoms with Gasteiger partial charge < -0.3 is 10.1 Å². The first kappa shape index (κ1) is 19.2. The first-order chi connectivity index (χ1) is 13.6. The molecule has 0 radical (unpaired) electrons. The van der Waals surface area contributed by atoms with E-state index in [1.54, 1.807) is 23.2 Å². The number of rotatable bonds is 5. The van der Waals surface area contributed by atoms with Gasteiger partial charge >= 0.3 is 6.03 Å². The molecule has 0 unspecified atom stereocenters. The van der Waals surface area contributed by atoms with E-state index in [4.69, 9.17) is 4.74 Å². The molecule has 2 saturated heterocycles. The predicted octanol–water partition coefficient (Wildman–Crippen LogP) is 2.86. The van der Waals surface area contributed by atoms with Gasteiger partial charge in [-0.05, 0) is 75.4 Å². The Balaban J connectivity index is 1.24. The number of urea groups is 1. The molecule has 2 N–H and O–H groups in total. The number of hydrogen-bond donors (Lipinski definition) is 2. The first-order valence-electron chi connectivity index (χ1n) is 10.5. The highest BCUT2D eigenvalue weighted by atomic mass is 16.5. The van der Waals surface area contributed by atoms with Crippen molar-refractivity contribution in [2.75, 3.05) is 31.1 Å². The summed E-state index contributed by atoms with van der Waals surface area (Å²) in [5.74, 6) is 1.04. The third kappa shape index (κ3) is 4.46. The third-order valence-corrected chi connectivity index (χ3v) is 6.69. The van der Waals surface area contributed by atoms with Crippen LogP contribution in [0.2, 0.25) is 0 Å². The summed E-state index contributed by atoms with van der Waals surface area (Å²) in [4.78, 5) is 29.1. The first-order valence-corrected chi connectivity index (χ1v) is 10.5. The van der Waals surface area contributed by atoms with Crippen molar-refractivity contribution < 1.29 is 14.3 Å². The lowest BCUT2D eigenvalue weighted by atomic mass is 9.65. The van der Waals surface area contributed by atoms with E-state index in [1.807, 2.05) is 0 Å². The highest BCUT2D eigenvalue weighted by Crippen LogP contribution is 2.45. The molecule has 1 spiro atoms. The highest BCUT2D eigenvalue weighted by molar-refractivity contribution is 6.05. The number of nitrogens with zero attached hydrogens (tertiary/aromatic N) is 2. The number of imide groups is 1. The molecule has 0 aromatic carbocycles. The fourth-order valence-electron chi connectivity index (χ4n) is 4.82. The summed E-state index contributed by atoms with van der Waals surface area (Å²) in [6.07, 6.45) is 11.0. The molecule has 3 aliphatic rings. The van der Waals surface area contributed by atoms with E-state index in [2.05, 4.69) is 15.6 Å². The summed E-state index contributed by atoms with van der Waals surface area (Å²) in [5, 5.41) is 5.82. The lowest BCUT2D eigenvalue weighted by Crippen LogP contribution is -2.49. The van der Waals surface area contributed by atoms with Gasteiger partial charge in [0.1, 0.15) is 0 Å². The second-order valence-corrected chi connectivity index (χ2v) is 8.44. The molecule has 7 nitrogen and oxygen atoms in total. The van der Waals surface area contributed by atoms with Gasteiger partial charge in [-0.2, -0.15) is 0 Å². The summed E-state index contributed by atoms with van der Waals surface area (Å²) in [6, 6.07) is 3.16. The number of carbonyl (C=O) groups excluding carboxylic acids is 2. The molecule has 152 valence electrons. The molecule has 28 heavy (non-hydrogen) atoms. The topological polar surface area (TPSA) is 83.6 Å². The van der Waals surface area contributed by atoms with Crippen LogP contribution in [0.5, 0.6) is 5.88 Å². The van der Waals surface area contributed by atoms with Crippen molar-refractivity contribution in [3.63, 3.8) is 0 Å². The number of piperidine rings is 1. The Labute approximate surface area is 166 Å². The van der Waals surface area contributed by atoms with E-state index in [-0.39, 0.29) is 11.9 Å². The molecular formula is C21H30N4O3. The van der Waals surface area contributed by atoms with Gasteiger partial charge in [-0.3, -0.25) is 15.0 Å². The number of pyridine rings is 1. The molecule has 3 fully saturated rings. The number of hydrogen-bond acceptors (Lipinski definition) is 5. The van der Waals surface area contributed by atoms with Gasteiger partial charge in [0.2, 0.25) is 11.8 Å². The van der Waals surface area contributed by atoms with Gasteiger partial charge in [0.15, 0.2) is 0 Å². The molecule has 2 aliphatic heterocycles. The van der Waals surface area contributed by atoms with Crippen LogP contribution in [-0.4, -0.2) is 43.2 Å².